The molecular weight excluding hydrogens is 372 g/mol. The molecule has 1 saturated heterocycles. The molecule has 4 heteroatoms. The highest BCUT2D eigenvalue weighted by atomic mass is 32.2. The highest BCUT2D eigenvalue weighted by Gasteiger charge is 2.55. The summed E-state index contributed by atoms with van der Waals surface area (Å²) in [6, 6.07) is 0. The number of ketones is 1. The van der Waals surface area contributed by atoms with Crippen LogP contribution in [-0.2, 0) is 9.53 Å². The van der Waals surface area contributed by atoms with Crippen molar-refractivity contribution in [2.75, 3.05) is 18.6 Å². The molecular formula is C23H36O2S2. The highest BCUT2D eigenvalue weighted by Crippen LogP contribution is 2.61. The molecule has 1 fully saturated rings. The van der Waals surface area contributed by atoms with Crippen molar-refractivity contribution >= 4 is 29.3 Å². The van der Waals surface area contributed by atoms with Crippen LogP contribution in [0, 0.1) is 16.7 Å². The molecule has 0 N–H and O–H groups in total. The number of Topliss-reactive ketones (excluding diaryl/α,β-unsaturated/α-hetero) is 1. The standard InChI is InChI=1S/C23H36O2S2/c1-7-21(4,23(8-2)26-13-14-27-23)15-19(25-6)22(5)16(3)9-10-17-11-12-18(24)20(17)22/h7,16,19H,1,8-15H2,2-6H3/t16-,19-,21-,22+/m1/s1. The molecule has 2 nitrogen and oxygen atoms in total. The first-order valence-corrected chi connectivity index (χ1v) is 12.4. The Hall–Kier alpha value is -0.190. The van der Waals surface area contributed by atoms with Crippen molar-refractivity contribution < 1.29 is 9.53 Å². The van der Waals surface area contributed by atoms with Crippen LogP contribution in [0.2, 0.25) is 0 Å². The van der Waals surface area contributed by atoms with E-state index in [1.165, 1.54) is 17.1 Å². The van der Waals surface area contributed by atoms with Crippen LogP contribution in [0.15, 0.2) is 23.8 Å². The van der Waals surface area contributed by atoms with E-state index in [0.29, 0.717) is 18.1 Å². The minimum atomic E-state index is -0.191. The van der Waals surface area contributed by atoms with Crippen molar-refractivity contribution in [3.8, 4) is 0 Å². The van der Waals surface area contributed by atoms with E-state index in [2.05, 4.69) is 63.9 Å². The molecule has 0 bridgehead atoms. The van der Waals surface area contributed by atoms with Crippen LogP contribution >= 0.6 is 23.5 Å². The van der Waals surface area contributed by atoms with Gasteiger partial charge in [-0.25, -0.2) is 0 Å². The summed E-state index contributed by atoms with van der Waals surface area (Å²) in [6.07, 6.45) is 8.19. The lowest BCUT2D eigenvalue weighted by Crippen LogP contribution is -2.49. The fourth-order valence-corrected chi connectivity index (χ4v) is 9.33. The number of hydrogen-bond acceptors (Lipinski definition) is 4. The van der Waals surface area contributed by atoms with Crippen molar-refractivity contribution in [2.45, 2.75) is 76.4 Å². The third-order valence-corrected chi connectivity index (χ3v) is 12.1. The second-order valence-electron chi connectivity index (χ2n) is 8.98. The minimum Gasteiger partial charge on any atom is -0.380 e. The van der Waals surface area contributed by atoms with E-state index >= 15 is 0 Å². The number of carbonyl (C=O) groups is 1. The number of ether oxygens (including phenoxy) is 1. The van der Waals surface area contributed by atoms with Crippen molar-refractivity contribution in [1.82, 2.24) is 0 Å². The maximum Gasteiger partial charge on any atom is 0.159 e. The minimum absolute atomic E-state index is 0.0309. The van der Waals surface area contributed by atoms with Gasteiger partial charge in [0.15, 0.2) is 5.78 Å². The molecule has 0 saturated carbocycles. The summed E-state index contributed by atoms with van der Waals surface area (Å²) in [6.45, 7) is 13.6. The second kappa shape index (κ2) is 7.91. The molecule has 1 heterocycles. The SMILES string of the molecule is C=C[C@](C)(C[C@@H](OC)[C@@]1(C)C2=C(CCC2=O)CC[C@H]1C)C1(CC)SCCS1. The second-order valence-corrected chi connectivity index (χ2v) is 12.0. The van der Waals surface area contributed by atoms with Crippen molar-refractivity contribution in [3.63, 3.8) is 0 Å². The molecule has 1 aliphatic heterocycles. The van der Waals surface area contributed by atoms with Gasteiger partial charge in [-0.1, -0.05) is 39.3 Å². The van der Waals surface area contributed by atoms with Crippen molar-refractivity contribution in [2.24, 2.45) is 16.7 Å². The summed E-state index contributed by atoms with van der Waals surface area (Å²) in [7, 11) is 1.84. The molecule has 0 aromatic rings. The van der Waals surface area contributed by atoms with E-state index in [-0.39, 0.29) is 21.0 Å². The van der Waals surface area contributed by atoms with Gasteiger partial charge in [0.2, 0.25) is 0 Å². The Morgan fingerprint density at radius 2 is 2.00 bits per heavy atom. The van der Waals surface area contributed by atoms with Gasteiger partial charge < -0.3 is 4.74 Å². The summed E-state index contributed by atoms with van der Waals surface area (Å²) in [4.78, 5) is 12.9. The Morgan fingerprint density at radius 3 is 2.56 bits per heavy atom. The smallest absolute Gasteiger partial charge is 0.159 e. The first-order chi connectivity index (χ1) is 12.8. The number of carbonyl (C=O) groups excluding carboxylic acids is 1. The third-order valence-electron chi connectivity index (χ3n) is 7.83. The molecule has 152 valence electrons. The molecule has 3 rings (SSSR count). The lowest BCUT2D eigenvalue weighted by molar-refractivity contribution is -0.118. The Labute approximate surface area is 174 Å². The van der Waals surface area contributed by atoms with Crippen LogP contribution in [0.25, 0.3) is 0 Å². The van der Waals surface area contributed by atoms with Gasteiger partial charge in [-0.05, 0) is 38.0 Å². The average molecular weight is 409 g/mol. The first kappa shape index (κ1) is 21.5. The zero-order valence-electron chi connectivity index (χ0n) is 17.7. The summed E-state index contributed by atoms with van der Waals surface area (Å²) < 4.78 is 6.38. The molecule has 0 aromatic heterocycles. The quantitative estimate of drug-likeness (QED) is 0.464. The fourth-order valence-electron chi connectivity index (χ4n) is 5.77. The molecule has 0 spiro atoms. The van der Waals surface area contributed by atoms with Gasteiger partial charge in [0.1, 0.15) is 0 Å². The maximum absolute atomic E-state index is 12.9. The highest BCUT2D eigenvalue weighted by molar-refractivity contribution is 8.21. The Balaban J connectivity index is 1.99. The number of methoxy groups -OCH3 is 1. The monoisotopic (exact) mass is 408 g/mol. The predicted molar refractivity (Wildman–Crippen MR) is 119 cm³/mol. The molecule has 0 aromatic carbocycles. The van der Waals surface area contributed by atoms with Crippen molar-refractivity contribution in [1.29, 1.82) is 0 Å². The van der Waals surface area contributed by atoms with Gasteiger partial charge in [-0.2, -0.15) is 0 Å². The molecule has 27 heavy (non-hydrogen) atoms. The van der Waals surface area contributed by atoms with Gasteiger partial charge in [0, 0.05) is 41.4 Å². The maximum atomic E-state index is 12.9. The average Bonchev–Trinajstić information content (AvgIpc) is 3.31. The zero-order chi connectivity index (χ0) is 19.9. The Morgan fingerprint density at radius 1 is 1.33 bits per heavy atom. The zero-order valence-corrected chi connectivity index (χ0v) is 19.4. The van der Waals surface area contributed by atoms with Gasteiger partial charge in [0.25, 0.3) is 0 Å². The normalized spacial score (nSPS) is 33.7. The van der Waals surface area contributed by atoms with Crippen LogP contribution < -0.4 is 0 Å². The number of allylic oxidation sites excluding steroid dienone is 2. The topological polar surface area (TPSA) is 26.3 Å². The fraction of sp³-hybridized carbons (Fsp3) is 0.783. The predicted octanol–water partition coefficient (Wildman–Crippen LogP) is 6.27. The van der Waals surface area contributed by atoms with E-state index in [0.717, 1.165) is 37.7 Å². The molecule has 0 radical (unpaired) electrons. The van der Waals surface area contributed by atoms with Crippen LogP contribution in [0.4, 0.5) is 0 Å². The van der Waals surface area contributed by atoms with Crippen LogP contribution in [-0.4, -0.2) is 34.6 Å². The molecule has 3 aliphatic rings. The summed E-state index contributed by atoms with van der Waals surface area (Å²) in [5.41, 5.74) is 2.31. The van der Waals surface area contributed by atoms with Gasteiger partial charge >= 0.3 is 0 Å². The third kappa shape index (κ3) is 3.28. The summed E-state index contributed by atoms with van der Waals surface area (Å²) >= 11 is 4.19. The van der Waals surface area contributed by atoms with Gasteiger partial charge in [0.05, 0.1) is 10.2 Å². The van der Waals surface area contributed by atoms with Crippen LogP contribution in [0.5, 0.6) is 0 Å². The Kier molecular flexibility index (Phi) is 6.31. The molecule has 4 atom stereocenters. The van der Waals surface area contributed by atoms with E-state index in [9.17, 15) is 4.79 Å². The number of hydrogen-bond donors (Lipinski definition) is 0. The number of rotatable bonds is 7. The summed E-state index contributed by atoms with van der Waals surface area (Å²) in [5.74, 6) is 3.25. The molecule has 0 unspecified atom stereocenters. The summed E-state index contributed by atoms with van der Waals surface area (Å²) in [5, 5.41) is 0. The van der Waals surface area contributed by atoms with Gasteiger partial charge in [-0.3, -0.25) is 4.79 Å². The number of thioether (sulfide) groups is 2. The van der Waals surface area contributed by atoms with E-state index in [1.54, 1.807) is 0 Å². The largest absolute Gasteiger partial charge is 0.380 e. The van der Waals surface area contributed by atoms with E-state index in [4.69, 9.17) is 4.74 Å². The van der Waals surface area contributed by atoms with E-state index in [1.807, 2.05) is 7.11 Å². The molecule has 0 amide bonds. The van der Waals surface area contributed by atoms with Gasteiger partial charge in [-0.15, -0.1) is 30.1 Å². The van der Waals surface area contributed by atoms with Crippen molar-refractivity contribution in [3.05, 3.63) is 23.8 Å². The lowest BCUT2D eigenvalue weighted by Gasteiger charge is -2.51. The van der Waals surface area contributed by atoms with E-state index < -0.39 is 0 Å². The van der Waals surface area contributed by atoms with Crippen LogP contribution in [0.1, 0.15) is 66.2 Å². The first-order valence-electron chi connectivity index (χ1n) is 10.5. The lowest BCUT2D eigenvalue weighted by atomic mass is 9.59. The molecule has 2 aliphatic carbocycles. The Bertz CT molecular complexity index is 634. The van der Waals surface area contributed by atoms with Crippen LogP contribution in [0.3, 0.4) is 0 Å².